The first-order valence-corrected chi connectivity index (χ1v) is 9.48. The number of nitrogens with one attached hydrogen (secondary N) is 1. The SMILES string of the molecule is CC(C)CNCCc1ccc(CN2CCS(=O)CC2)cc1. The van der Waals surface area contributed by atoms with Gasteiger partial charge in [0.15, 0.2) is 0 Å². The third kappa shape index (κ3) is 6.29. The van der Waals surface area contributed by atoms with Gasteiger partial charge in [-0.1, -0.05) is 38.1 Å². The third-order valence-corrected chi connectivity index (χ3v) is 5.12. The molecule has 0 atom stereocenters. The molecule has 0 amide bonds. The summed E-state index contributed by atoms with van der Waals surface area (Å²) in [7, 11) is -0.580. The molecule has 2 rings (SSSR count). The molecule has 1 aliphatic heterocycles. The minimum Gasteiger partial charge on any atom is -0.316 e. The molecule has 1 aliphatic rings. The van der Waals surface area contributed by atoms with E-state index in [1.165, 1.54) is 11.1 Å². The summed E-state index contributed by atoms with van der Waals surface area (Å²) in [6.45, 7) is 9.53. The van der Waals surface area contributed by atoms with Crippen LogP contribution in [0.3, 0.4) is 0 Å². The van der Waals surface area contributed by atoms with Crippen molar-refractivity contribution in [1.29, 1.82) is 0 Å². The smallest absolute Gasteiger partial charge is 0.0363 e. The first-order valence-electron chi connectivity index (χ1n) is 7.99. The Labute approximate surface area is 131 Å². The van der Waals surface area contributed by atoms with Gasteiger partial charge in [-0.05, 0) is 36.6 Å². The maximum Gasteiger partial charge on any atom is 0.0363 e. The Hall–Kier alpha value is -0.710. The fourth-order valence-electron chi connectivity index (χ4n) is 2.53. The summed E-state index contributed by atoms with van der Waals surface area (Å²) in [5.74, 6) is 2.38. The van der Waals surface area contributed by atoms with E-state index in [-0.39, 0.29) is 0 Å². The molecule has 1 fully saturated rings. The Bertz CT molecular complexity index is 435. The van der Waals surface area contributed by atoms with Crippen LogP contribution in [-0.4, -0.2) is 46.8 Å². The standard InChI is InChI=1S/C17H28N2OS/c1-15(2)13-18-8-7-16-3-5-17(6-4-16)14-19-9-11-21(20)12-10-19/h3-6,15,18H,7-14H2,1-2H3. The van der Waals surface area contributed by atoms with Crippen molar-refractivity contribution in [3.8, 4) is 0 Å². The predicted molar refractivity (Wildman–Crippen MR) is 91.0 cm³/mol. The second-order valence-electron chi connectivity index (χ2n) is 6.29. The van der Waals surface area contributed by atoms with Gasteiger partial charge >= 0.3 is 0 Å². The zero-order chi connectivity index (χ0) is 15.1. The van der Waals surface area contributed by atoms with Crippen LogP contribution in [0.1, 0.15) is 25.0 Å². The molecular formula is C17H28N2OS. The number of hydrogen-bond acceptors (Lipinski definition) is 3. The van der Waals surface area contributed by atoms with Crippen molar-refractivity contribution in [2.45, 2.75) is 26.8 Å². The predicted octanol–water partition coefficient (Wildman–Crippen LogP) is 2.04. The van der Waals surface area contributed by atoms with Crippen molar-refractivity contribution in [2.24, 2.45) is 5.92 Å². The molecule has 0 aromatic heterocycles. The van der Waals surface area contributed by atoms with Crippen molar-refractivity contribution in [3.05, 3.63) is 35.4 Å². The molecule has 0 unspecified atom stereocenters. The summed E-state index contributed by atoms with van der Waals surface area (Å²) in [6, 6.07) is 8.97. The number of rotatable bonds is 7. The van der Waals surface area contributed by atoms with Crippen molar-refractivity contribution < 1.29 is 4.21 Å². The number of benzene rings is 1. The molecule has 0 radical (unpaired) electrons. The minimum absolute atomic E-state index is 0.580. The fraction of sp³-hybridized carbons (Fsp3) is 0.647. The lowest BCUT2D eigenvalue weighted by Crippen LogP contribution is -2.37. The van der Waals surface area contributed by atoms with Crippen LogP contribution in [0.25, 0.3) is 0 Å². The van der Waals surface area contributed by atoms with E-state index in [4.69, 9.17) is 0 Å². The van der Waals surface area contributed by atoms with Crippen LogP contribution >= 0.6 is 0 Å². The monoisotopic (exact) mass is 308 g/mol. The van der Waals surface area contributed by atoms with Gasteiger partial charge in [0.25, 0.3) is 0 Å². The molecule has 1 heterocycles. The maximum atomic E-state index is 11.4. The van der Waals surface area contributed by atoms with Crippen LogP contribution in [0.2, 0.25) is 0 Å². The molecule has 0 spiro atoms. The second-order valence-corrected chi connectivity index (χ2v) is 7.98. The molecule has 4 heteroatoms. The van der Waals surface area contributed by atoms with Crippen LogP contribution in [0, 0.1) is 5.92 Å². The molecule has 21 heavy (non-hydrogen) atoms. The normalized spacial score (nSPS) is 17.5. The van der Waals surface area contributed by atoms with Crippen molar-refractivity contribution in [2.75, 3.05) is 37.7 Å². The van der Waals surface area contributed by atoms with E-state index >= 15 is 0 Å². The van der Waals surface area contributed by atoms with E-state index in [0.29, 0.717) is 5.92 Å². The molecule has 0 saturated carbocycles. The van der Waals surface area contributed by atoms with E-state index in [0.717, 1.165) is 50.7 Å². The highest BCUT2D eigenvalue weighted by Gasteiger charge is 2.14. The van der Waals surface area contributed by atoms with Crippen molar-refractivity contribution in [1.82, 2.24) is 10.2 Å². The van der Waals surface area contributed by atoms with Crippen molar-refractivity contribution in [3.63, 3.8) is 0 Å². The van der Waals surface area contributed by atoms with Gasteiger partial charge in [0.1, 0.15) is 0 Å². The summed E-state index contributed by atoms with van der Waals surface area (Å²) in [6.07, 6.45) is 1.09. The van der Waals surface area contributed by atoms with Gasteiger partial charge in [-0.25, -0.2) is 0 Å². The molecule has 1 saturated heterocycles. The first kappa shape index (κ1) is 16.7. The average Bonchev–Trinajstić information content (AvgIpc) is 2.47. The van der Waals surface area contributed by atoms with Crippen molar-refractivity contribution >= 4 is 10.8 Å². The molecule has 0 bridgehead atoms. The average molecular weight is 308 g/mol. The van der Waals surface area contributed by atoms with Gasteiger partial charge in [0.2, 0.25) is 0 Å². The lowest BCUT2D eigenvalue weighted by molar-refractivity contribution is 0.291. The fourth-order valence-corrected chi connectivity index (χ4v) is 3.65. The lowest BCUT2D eigenvalue weighted by atomic mass is 10.1. The van der Waals surface area contributed by atoms with Crippen LogP contribution in [0.15, 0.2) is 24.3 Å². The minimum atomic E-state index is -0.580. The highest BCUT2D eigenvalue weighted by molar-refractivity contribution is 7.85. The van der Waals surface area contributed by atoms with E-state index in [1.807, 2.05) is 0 Å². The summed E-state index contributed by atoms with van der Waals surface area (Å²) >= 11 is 0. The van der Waals surface area contributed by atoms with Gasteiger partial charge < -0.3 is 5.32 Å². The Morgan fingerprint density at radius 1 is 1.14 bits per heavy atom. The van der Waals surface area contributed by atoms with Crippen LogP contribution in [-0.2, 0) is 23.8 Å². The molecule has 1 aromatic carbocycles. The van der Waals surface area contributed by atoms with Crippen LogP contribution in [0.4, 0.5) is 0 Å². The Kier molecular flexibility index (Phi) is 6.87. The summed E-state index contributed by atoms with van der Waals surface area (Å²) in [5.41, 5.74) is 2.76. The van der Waals surface area contributed by atoms with Crippen LogP contribution < -0.4 is 5.32 Å². The van der Waals surface area contributed by atoms with Gasteiger partial charge in [-0.2, -0.15) is 0 Å². The van der Waals surface area contributed by atoms with Gasteiger partial charge in [-0.3, -0.25) is 9.11 Å². The zero-order valence-corrected chi connectivity index (χ0v) is 14.1. The number of hydrogen-bond donors (Lipinski definition) is 1. The largest absolute Gasteiger partial charge is 0.316 e. The zero-order valence-electron chi connectivity index (χ0n) is 13.3. The molecule has 1 N–H and O–H groups in total. The molecule has 3 nitrogen and oxygen atoms in total. The number of nitrogens with zero attached hydrogens (tertiary/aromatic N) is 1. The lowest BCUT2D eigenvalue weighted by Gasteiger charge is -2.26. The Morgan fingerprint density at radius 2 is 1.76 bits per heavy atom. The molecule has 118 valence electrons. The van der Waals surface area contributed by atoms with E-state index in [9.17, 15) is 4.21 Å². The van der Waals surface area contributed by atoms with Gasteiger partial charge in [0.05, 0.1) is 0 Å². The summed E-state index contributed by atoms with van der Waals surface area (Å²) in [5, 5.41) is 3.48. The Morgan fingerprint density at radius 3 is 2.38 bits per heavy atom. The first-order chi connectivity index (χ1) is 10.1. The highest BCUT2D eigenvalue weighted by Crippen LogP contribution is 2.10. The maximum absolute atomic E-state index is 11.4. The molecule has 0 aliphatic carbocycles. The quantitative estimate of drug-likeness (QED) is 0.782. The van der Waals surface area contributed by atoms with Gasteiger partial charge in [-0.15, -0.1) is 0 Å². The van der Waals surface area contributed by atoms with E-state index in [1.54, 1.807) is 0 Å². The van der Waals surface area contributed by atoms with E-state index < -0.39 is 10.8 Å². The van der Waals surface area contributed by atoms with E-state index in [2.05, 4.69) is 48.3 Å². The second kappa shape index (κ2) is 8.66. The Balaban J connectivity index is 1.72. The summed E-state index contributed by atoms with van der Waals surface area (Å²) in [4.78, 5) is 2.40. The summed E-state index contributed by atoms with van der Waals surface area (Å²) < 4.78 is 11.4. The van der Waals surface area contributed by atoms with Gasteiger partial charge in [0, 0.05) is 41.9 Å². The third-order valence-electron chi connectivity index (χ3n) is 3.84. The molecule has 1 aromatic rings. The topological polar surface area (TPSA) is 32.3 Å². The molecular weight excluding hydrogens is 280 g/mol. The van der Waals surface area contributed by atoms with Crippen LogP contribution in [0.5, 0.6) is 0 Å². The highest BCUT2D eigenvalue weighted by atomic mass is 32.2.